The Morgan fingerprint density at radius 1 is 0.900 bits per heavy atom. The molecule has 3 aliphatic carbocycles. The van der Waals surface area contributed by atoms with E-state index in [0.717, 1.165) is 12.8 Å². The van der Waals surface area contributed by atoms with Crippen molar-refractivity contribution in [1.82, 2.24) is 0 Å². The van der Waals surface area contributed by atoms with Crippen LogP contribution in [0.1, 0.15) is 80.6 Å². The molecule has 0 aliphatic heterocycles. The van der Waals surface area contributed by atoms with Crippen LogP contribution in [0.4, 0.5) is 0 Å². The number of ether oxygens (including phenoxy) is 2. The van der Waals surface area contributed by atoms with Crippen molar-refractivity contribution in [1.29, 1.82) is 0 Å². The van der Waals surface area contributed by atoms with Crippen LogP contribution in [0.3, 0.4) is 0 Å². The number of allylic oxidation sites excluding steroid dienone is 1. The molecule has 3 rings (SSSR count). The number of rotatable bonds is 2. The van der Waals surface area contributed by atoms with Crippen molar-refractivity contribution in [2.75, 3.05) is 27.9 Å². The van der Waals surface area contributed by atoms with Gasteiger partial charge in [0.15, 0.2) is 5.78 Å². The van der Waals surface area contributed by atoms with E-state index in [1.807, 2.05) is 41.5 Å². The Labute approximate surface area is 187 Å². The Bertz CT molecular complexity index is 485. The maximum atomic E-state index is 13.0. The summed E-state index contributed by atoms with van der Waals surface area (Å²) in [6.07, 6.45) is 5.35. The molecule has 3 aliphatic rings. The molecule has 0 aromatic rings. The second kappa shape index (κ2) is 17.7. The van der Waals surface area contributed by atoms with Crippen molar-refractivity contribution in [3.05, 3.63) is 12.2 Å². The Kier molecular flexibility index (Phi) is 18.4. The molecular formula is C26H50O4. The zero-order chi connectivity index (χ0) is 23.9. The summed E-state index contributed by atoms with van der Waals surface area (Å²) in [4.78, 5) is 25.5. The molecule has 0 radical (unpaired) electrons. The SMILES string of the molecule is C=C1CCC2C(C1=O)C(=O)C(COC)C1C(C)CCCC21.CC.CC.CC.COC. The largest absolute Gasteiger partial charge is 0.388 e. The third-order valence-electron chi connectivity index (χ3n) is 6.22. The number of carbonyl (C=O) groups excluding carboxylic acids is 2. The number of Topliss-reactive ketones (excluding diaryl/α,β-unsaturated/α-hetero) is 2. The molecule has 30 heavy (non-hydrogen) atoms. The van der Waals surface area contributed by atoms with Gasteiger partial charge in [0.25, 0.3) is 0 Å². The molecule has 0 heterocycles. The maximum absolute atomic E-state index is 13.0. The van der Waals surface area contributed by atoms with Crippen molar-refractivity contribution < 1.29 is 19.1 Å². The van der Waals surface area contributed by atoms with Crippen molar-refractivity contribution >= 4 is 11.6 Å². The fraction of sp³-hybridized carbons (Fsp3) is 0.846. The fourth-order valence-corrected chi connectivity index (χ4v) is 5.32. The van der Waals surface area contributed by atoms with Gasteiger partial charge >= 0.3 is 0 Å². The predicted molar refractivity (Wildman–Crippen MR) is 128 cm³/mol. The Hall–Kier alpha value is -1.00. The van der Waals surface area contributed by atoms with Crippen molar-refractivity contribution in [2.45, 2.75) is 80.6 Å². The fourth-order valence-electron chi connectivity index (χ4n) is 5.32. The maximum Gasteiger partial charge on any atom is 0.169 e. The summed E-state index contributed by atoms with van der Waals surface area (Å²) in [5.41, 5.74) is 0.656. The van der Waals surface area contributed by atoms with Crippen LogP contribution in [0.2, 0.25) is 0 Å². The van der Waals surface area contributed by atoms with E-state index < -0.39 is 5.92 Å². The lowest BCUT2D eigenvalue weighted by Crippen LogP contribution is -2.55. The minimum Gasteiger partial charge on any atom is -0.388 e. The first-order valence-electron chi connectivity index (χ1n) is 12.1. The van der Waals surface area contributed by atoms with Crippen molar-refractivity contribution in [3.63, 3.8) is 0 Å². The molecule has 0 bridgehead atoms. The summed E-state index contributed by atoms with van der Waals surface area (Å²) < 4.78 is 9.59. The van der Waals surface area contributed by atoms with Crippen LogP contribution >= 0.6 is 0 Å². The van der Waals surface area contributed by atoms with Crippen molar-refractivity contribution in [2.24, 2.45) is 35.5 Å². The number of ketones is 2. The molecule has 3 saturated carbocycles. The quantitative estimate of drug-likeness (QED) is 0.380. The topological polar surface area (TPSA) is 52.6 Å². The first-order valence-corrected chi connectivity index (χ1v) is 12.1. The summed E-state index contributed by atoms with van der Waals surface area (Å²) in [5.74, 6) is 1.41. The van der Waals surface area contributed by atoms with E-state index in [1.165, 1.54) is 19.3 Å². The lowest BCUT2D eigenvalue weighted by Gasteiger charge is -2.52. The molecule has 0 aromatic carbocycles. The molecule has 0 amide bonds. The van der Waals surface area contributed by atoms with Crippen LogP contribution in [-0.4, -0.2) is 39.5 Å². The number of methoxy groups -OCH3 is 2. The standard InChI is InChI=1S/C18H26O3.C2H6O.3C2H6/c1-10-5-4-6-12-13-8-7-11(2)17(19)16(13)18(20)14(9-21-3)15(10)12;1-3-2;3*1-2/h10,12-16H,2,4-9H2,1,3H3;1-2H3;3*1-2H3. The zero-order valence-electron chi connectivity index (χ0n) is 21.5. The molecule has 3 fully saturated rings. The normalized spacial score (nSPS) is 31.6. The van der Waals surface area contributed by atoms with E-state index in [4.69, 9.17) is 4.74 Å². The van der Waals surface area contributed by atoms with Gasteiger partial charge in [0.1, 0.15) is 5.78 Å². The van der Waals surface area contributed by atoms with Crippen LogP contribution in [-0.2, 0) is 19.1 Å². The second-order valence-corrected chi connectivity index (χ2v) is 7.67. The number of carbonyl (C=O) groups is 2. The highest BCUT2D eigenvalue weighted by molar-refractivity contribution is 6.12. The monoisotopic (exact) mass is 426 g/mol. The van der Waals surface area contributed by atoms with Crippen LogP contribution < -0.4 is 0 Å². The van der Waals surface area contributed by atoms with Gasteiger partial charge in [0, 0.05) is 27.2 Å². The van der Waals surface area contributed by atoms with Gasteiger partial charge < -0.3 is 9.47 Å². The van der Waals surface area contributed by atoms with Gasteiger partial charge in [-0.3, -0.25) is 9.59 Å². The third-order valence-corrected chi connectivity index (χ3v) is 6.22. The van der Waals surface area contributed by atoms with Crippen LogP contribution in [0.25, 0.3) is 0 Å². The highest BCUT2D eigenvalue weighted by atomic mass is 16.5. The van der Waals surface area contributed by atoms with Crippen molar-refractivity contribution in [3.8, 4) is 0 Å². The first kappa shape index (κ1) is 31.2. The predicted octanol–water partition coefficient (Wildman–Crippen LogP) is 6.38. The summed E-state index contributed by atoms with van der Waals surface area (Å²) in [6, 6.07) is 0. The minimum absolute atomic E-state index is 0.0222. The third kappa shape index (κ3) is 7.60. The van der Waals surface area contributed by atoms with Gasteiger partial charge in [0.2, 0.25) is 0 Å². The van der Waals surface area contributed by atoms with Gasteiger partial charge in [-0.1, -0.05) is 67.9 Å². The Balaban J connectivity index is 0. The number of fused-ring (bicyclic) bond motifs is 3. The van der Waals surface area contributed by atoms with Crippen LogP contribution in [0.15, 0.2) is 12.2 Å². The molecule has 0 N–H and O–H groups in total. The van der Waals surface area contributed by atoms with Gasteiger partial charge in [-0.2, -0.15) is 0 Å². The summed E-state index contributed by atoms with van der Waals surface area (Å²) in [7, 11) is 4.91. The zero-order valence-corrected chi connectivity index (χ0v) is 21.5. The van der Waals surface area contributed by atoms with Gasteiger partial charge in [-0.05, 0) is 48.5 Å². The summed E-state index contributed by atoms with van der Waals surface area (Å²) >= 11 is 0. The van der Waals surface area contributed by atoms with E-state index in [0.29, 0.717) is 29.9 Å². The molecule has 0 aromatic heterocycles. The average molecular weight is 427 g/mol. The van der Waals surface area contributed by atoms with E-state index in [2.05, 4.69) is 18.2 Å². The van der Waals surface area contributed by atoms with E-state index in [1.54, 1.807) is 21.3 Å². The smallest absolute Gasteiger partial charge is 0.169 e. The first-order chi connectivity index (χ1) is 14.5. The molecule has 6 unspecified atom stereocenters. The molecule has 178 valence electrons. The van der Waals surface area contributed by atoms with Gasteiger partial charge in [-0.15, -0.1) is 0 Å². The minimum atomic E-state index is -0.419. The molecule has 0 spiro atoms. The summed E-state index contributed by atoms with van der Waals surface area (Å²) in [6.45, 7) is 18.6. The highest BCUT2D eigenvalue weighted by Crippen LogP contribution is 2.53. The molecule has 6 atom stereocenters. The average Bonchev–Trinajstić information content (AvgIpc) is 2.78. The highest BCUT2D eigenvalue weighted by Gasteiger charge is 2.55. The van der Waals surface area contributed by atoms with E-state index in [-0.39, 0.29) is 23.4 Å². The molecule has 4 heteroatoms. The number of hydrogen-bond acceptors (Lipinski definition) is 4. The Morgan fingerprint density at radius 2 is 1.43 bits per heavy atom. The summed E-state index contributed by atoms with van der Waals surface area (Å²) in [5, 5.41) is 0. The van der Waals surface area contributed by atoms with Crippen LogP contribution in [0.5, 0.6) is 0 Å². The molecule has 0 saturated heterocycles. The lowest BCUT2D eigenvalue weighted by atomic mass is 9.51. The van der Waals surface area contributed by atoms with Crippen LogP contribution in [0, 0.1) is 35.5 Å². The lowest BCUT2D eigenvalue weighted by molar-refractivity contribution is -0.153. The number of hydrogen-bond donors (Lipinski definition) is 0. The molecule has 4 nitrogen and oxygen atoms in total. The molecular weight excluding hydrogens is 376 g/mol. The van der Waals surface area contributed by atoms with E-state index >= 15 is 0 Å². The van der Waals surface area contributed by atoms with Gasteiger partial charge in [-0.25, -0.2) is 0 Å². The Morgan fingerprint density at radius 3 is 1.93 bits per heavy atom. The van der Waals surface area contributed by atoms with E-state index in [9.17, 15) is 9.59 Å². The van der Waals surface area contributed by atoms with Gasteiger partial charge in [0.05, 0.1) is 12.5 Å². The second-order valence-electron chi connectivity index (χ2n) is 7.67.